The highest BCUT2D eigenvalue weighted by Gasteiger charge is 1.58. The van der Waals surface area contributed by atoms with Gasteiger partial charge in [-0.2, -0.15) is 0 Å². The Balaban J connectivity index is 0. The summed E-state index contributed by atoms with van der Waals surface area (Å²) >= 11 is 0. The highest BCUT2D eigenvalue weighted by Crippen LogP contribution is 1.50. The van der Waals surface area contributed by atoms with Crippen molar-refractivity contribution in [2.24, 2.45) is 0 Å². The molecule has 0 rings (SSSR count). The van der Waals surface area contributed by atoms with E-state index >= 15 is 0 Å². The SMILES string of the molecule is C=CO[SiH3].OCCO. The summed E-state index contributed by atoms with van der Waals surface area (Å²) in [7, 11) is 0.772. The van der Waals surface area contributed by atoms with Gasteiger partial charge in [-0.05, 0) is 0 Å². The Hall–Kier alpha value is -0.323. The van der Waals surface area contributed by atoms with Gasteiger partial charge in [0.2, 0.25) is 10.5 Å². The summed E-state index contributed by atoms with van der Waals surface area (Å²) < 4.78 is 4.44. The summed E-state index contributed by atoms with van der Waals surface area (Å²) in [6.07, 6.45) is 1.44. The molecule has 0 aliphatic heterocycles. The van der Waals surface area contributed by atoms with Gasteiger partial charge in [0.15, 0.2) is 0 Å². The van der Waals surface area contributed by atoms with Gasteiger partial charge in [0.25, 0.3) is 0 Å². The third kappa shape index (κ3) is 44.2. The van der Waals surface area contributed by atoms with E-state index in [4.69, 9.17) is 10.2 Å². The summed E-state index contributed by atoms with van der Waals surface area (Å²) in [5.41, 5.74) is 0. The van der Waals surface area contributed by atoms with Crippen LogP contribution < -0.4 is 0 Å². The maximum Gasteiger partial charge on any atom is 0.203 e. The van der Waals surface area contributed by atoms with E-state index in [-0.39, 0.29) is 13.2 Å². The topological polar surface area (TPSA) is 49.7 Å². The minimum atomic E-state index is -0.125. The van der Waals surface area contributed by atoms with Crippen LogP contribution in [0.3, 0.4) is 0 Å². The first-order chi connectivity index (χ1) is 3.83. The van der Waals surface area contributed by atoms with Gasteiger partial charge in [0.05, 0.1) is 19.5 Å². The van der Waals surface area contributed by atoms with Gasteiger partial charge in [-0.3, -0.25) is 0 Å². The molecule has 8 heavy (non-hydrogen) atoms. The molecule has 3 nitrogen and oxygen atoms in total. The second kappa shape index (κ2) is 15.9. The predicted octanol–water partition coefficient (Wildman–Crippen LogP) is -1.60. The van der Waals surface area contributed by atoms with E-state index in [9.17, 15) is 0 Å². The summed E-state index contributed by atoms with van der Waals surface area (Å²) in [4.78, 5) is 0. The lowest BCUT2D eigenvalue weighted by atomic mass is 10.8. The van der Waals surface area contributed by atoms with E-state index in [0.29, 0.717) is 0 Å². The molecule has 2 N–H and O–H groups in total. The van der Waals surface area contributed by atoms with E-state index in [1.54, 1.807) is 0 Å². The van der Waals surface area contributed by atoms with Crippen LogP contribution in [0.25, 0.3) is 0 Å². The molecule has 0 bridgehead atoms. The van der Waals surface area contributed by atoms with Crippen LogP contribution in [0.4, 0.5) is 0 Å². The van der Waals surface area contributed by atoms with Crippen LogP contribution in [0.15, 0.2) is 12.8 Å². The Morgan fingerprint density at radius 1 is 1.50 bits per heavy atom. The molecule has 0 aliphatic carbocycles. The highest BCUT2D eigenvalue weighted by atomic mass is 28.2. The van der Waals surface area contributed by atoms with Crippen molar-refractivity contribution < 1.29 is 14.6 Å². The van der Waals surface area contributed by atoms with Gasteiger partial charge < -0.3 is 14.6 Å². The average Bonchev–Trinajstić information content (AvgIpc) is 1.88. The maximum absolute atomic E-state index is 7.62. The molecule has 0 aromatic carbocycles. The zero-order valence-electron chi connectivity index (χ0n) is 5.00. The molecule has 4 heteroatoms. The van der Waals surface area contributed by atoms with Crippen LogP contribution in [-0.2, 0) is 4.43 Å². The van der Waals surface area contributed by atoms with Gasteiger partial charge in [-0.25, -0.2) is 0 Å². The van der Waals surface area contributed by atoms with Crippen molar-refractivity contribution in [3.8, 4) is 0 Å². The van der Waals surface area contributed by atoms with Gasteiger partial charge >= 0.3 is 0 Å². The molecular formula is C4H12O3Si. The van der Waals surface area contributed by atoms with Crippen LogP contribution in [0.5, 0.6) is 0 Å². The van der Waals surface area contributed by atoms with Crippen molar-refractivity contribution in [3.63, 3.8) is 0 Å². The van der Waals surface area contributed by atoms with Crippen molar-refractivity contribution in [1.82, 2.24) is 0 Å². The van der Waals surface area contributed by atoms with E-state index in [1.807, 2.05) is 0 Å². The summed E-state index contributed by atoms with van der Waals surface area (Å²) in [5.74, 6) is 0. The van der Waals surface area contributed by atoms with E-state index in [1.165, 1.54) is 6.26 Å². The first-order valence-electron chi connectivity index (χ1n) is 2.18. The minimum Gasteiger partial charge on any atom is -0.559 e. The highest BCUT2D eigenvalue weighted by molar-refractivity contribution is 5.98. The summed E-state index contributed by atoms with van der Waals surface area (Å²) in [6.45, 7) is 3.04. The van der Waals surface area contributed by atoms with Crippen LogP contribution in [0.1, 0.15) is 0 Å². The van der Waals surface area contributed by atoms with Crippen LogP contribution in [-0.4, -0.2) is 33.9 Å². The number of hydrogen-bond donors (Lipinski definition) is 2. The van der Waals surface area contributed by atoms with Gasteiger partial charge in [0.1, 0.15) is 0 Å². The van der Waals surface area contributed by atoms with Crippen molar-refractivity contribution in [2.45, 2.75) is 0 Å². The van der Waals surface area contributed by atoms with E-state index in [0.717, 1.165) is 10.5 Å². The molecule has 0 atom stereocenters. The number of aliphatic hydroxyl groups excluding tert-OH is 2. The molecule has 0 saturated carbocycles. The van der Waals surface area contributed by atoms with E-state index < -0.39 is 0 Å². The monoisotopic (exact) mass is 136 g/mol. The van der Waals surface area contributed by atoms with Crippen LogP contribution >= 0.6 is 0 Å². The fraction of sp³-hybridized carbons (Fsp3) is 0.500. The third-order valence-corrected chi connectivity index (χ3v) is 0.600. The predicted molar refractivity (Wildman–Crippen MR) is 35.4 cm³/mol. The summed E-state index contributed by atoms with van der Waals surface area (Å²) in [5, 5.41) is 15.2. The summed E-state index contributed by atoms with van der Waals surface area (Å²) in [6, 6.07) is 0. The number of hydrogen-bond acceptors (Lipinski definition) is 3. The molecule has 50 valence electrons. The first kappa shape index (κ1) is 10.6. The molecule has 0 fully saturated rings. The Morgan fingerprint density at radius 2 is 1.75 bits per heavy atom. The lowest BCUT2D eigenvalue weighted by Gasteiger charge is -1.74. The fourth-order valence-electron chi connectivity index (χ4n) is 0. The Morgan fingerprint density at radius 3 is 1.75 bits per heavy atom. The number of aliphatic hydroxyl groups is 2. The Bertz CT molecular complexity index is 38.3. The van der Waals surface area contributed by atoms with Crippen molar-refractivity contribution in [2.75, 3.05) is 13.2 Å². The van der Waals surface area contributed by atoms with Gasteiger partial charge in [-0.1, -0.05) is 6.58 Å². The molecule has 0 amide bonds. The maximum atomic E-state index is 7.62. The molecule has 0 saturated heterocycles. The lowest BCUT2D eigenvalue weighted by Crippen LogP contribution is -1.85. The third-order valence-electron chi connectivity index (χ3n) is 0.267. The number of rotatable bonds is 2. The largest absolute Gasteiger partial charge is 0.559 e. The normalized spacial score (nSPS) is 6.75. The Labute approximate surface area is 52.1 Å². The molecule has 0 aromatic rings. The van der Waals surface area contributed by atoms with Crippen molar-refractivity contribution >= 4 is 10.5 Å². The zero-order chi connectivity index (χ0) is 6.83. The second-order valence-corrected chi connectivity index (χ2v) is 1.32. The van der Waals surface area contributed by atoms with Crippen molar-refractivity contribution in [1.29, 1.82) is 0 Å². The second-order valence-electron chi connectivity index (χ2n) is 0.850. The van der Waals surface area contributed by atoms with E-state index in [2.05, 4.69) is 11.0 Å². The Kier molecular flexibility index (Phi) is 21.1. The molecular weight excluding hydrogens is 124 g/mol. The molecule has 0 spiro atoms. The van der Waals surface area contributed by atoms with Gasteiger partial charge in [0, 0.05) is 0 Å². The quantitative estimate of drug-likeness (QED) is 0.355. The lowest BCUT2D eigenvalue weighted by molar-refractivity contribution is 0.186. The molecule has 0 unspecified atom stereocenters. The minimum absolute atomic E-state index is 0.125. The zero-order valence-corrected chi connectivity index (χ0v) is 7.00. The fourth-order valence-corrected chi connectivity index (χ4v) is 0. The van der Waals surface area contributed by atoms with Crippen LogP contribution in [0, 0.1) is 0 Å². The molecule has 0 aromatic heterocycles. The standard InChI is InChI=1S/C2H6O2.C2H6OSi/c3-1-2-4;1-2-3-4/h3-4H,1-2H2;2H,1H2,4H3. The smallest absolute Gasteiger partial charge is 0.203 e. The average molecular weight is 136 g/mol. The van der Waals surface area contributed by atoms with Crippen LogP contribution in [0.2, 0.25) is 0 Å². The van der Waals surface area contributed by atoms with Crippen molar-refractivity contribution in [3.05, 3.63) is 12.8 Å². The molecule has 0 aliphatic rings. The molecule has 0 radical (unpaired) electrons. The first-order valence-corrected chi connectivity index (χ1v) is 3.00. The van der Waals surface area contributed by atoms with Gasteiger partial charge in [-0.15, -0.1) is 0 Å². The molecule has 0 heterocycles.